The van der Waals surface area contributed by atoms with E-state index in [1.807, 2.05) is 0 Å². The summed E-state index contributed by atoms with van der Waals surface area (Å²) < 4.78 is 0. The Morgan fingerprint density at radius 1 is 1.59 bits per heavy atom. The maximum Gasteiger partial charge on any atom is 0.234 e. The molecule has 0 saturated carbocycles. The fourth-order valence-electron chi connectivity index (χ4n) is 2.06. The van der Waals surface area contributed by atoms with Gasteiger partial charge in [-0.1, -0.05) is 13.8 Å². The molecule has 4 heteroatoms. The molecule has 1 fully saturated rings. The number of rotatable bonds is 5. The van der Waals surface area contributed by atoms with Gasteiger partial charge in [0.2, 0.25) is 5.91 Å². The third kappa shape index (κ3) is 5.69. The lowest BCUT2D eigenvalue weighted by Gasteiger charge is -2.28. The first-order valence-electron chi connectivity index (χ1n) is 6.50. The number of piperidine rings is 1. The summed E-state index contributed by atoms with van der Waals surface area (Å²) >= 11 is 0. The van der Waals surface area contributed by atoms with Gasteiger partial charge in [-0.05, 0) is 31.7 Å². The van der Waals surface area contributed by atoms with Gasteiger partial charge in [0.05, 0.1) is 18.5 Å². The summed E-state index contributed by atoms with van der Waals surface area (Å²) in [6.07, 6.45) is 3.02. The molecule has 0 spiro atoms. The average molecular weight is 237 g/mol. The molecule has 1 aliphatic rings. The first kappa shape index (κ1) is 14.0. The number of carbonyl (C=O) groups is 1. The van der Waals surface area contributed by atoms with Gasteiger partial charge in [-0.3, -0.25) is 9.69 Å². The number of nitrogens with one attached hydrogen (secondary N) is 1. The second-order valence-corrected chi connectivity index (χ2v) is 5.24. The number of nitriles is 1. The Morgan fingerprint density at radius 3 is 3.00 bits per heavy atom. The molecule has 17 heavy (non-hydrogen) atoms. The molecule has 1 atom stereocenters. The van der Waals surface area contributed by atoms with Crippen LogP contribution in [0.5, 0.6) is 0 Å². The van der Waals surface area contributed by atoms with E-state index in [1.54, 1.807) is 0 Å². The summed E-state index contributed by atoms with van der Waals surface area (Å²) in [4.78, 5) is 13.7. The lowest BCUT2D eigenvalue weighted by Crippen LogP contribution is -2.42. The highest BCUT2D eigenvalue weighted by atomic mass is 16.2. The zero-order chi connectivity index (χ0) is 12.7. The van der Waals surface area contributed by atoms with Crippen LogP contribution < -0.4 is 5.32 Å². The van der Waals surface area contributed by atoms with Crippen LogP contribution in [0.15, 0.2) is 0 Å². The monoisotopic (exact) mass is 237 g/mol. The first-order valence-corrected chi connectivity index (χ1v) is 6.50. The highest BCUT2D eigenvalue weighted by Gasteiger charge is 2.20. The lowest BCUT2D eigenvalue weighted by molar-refractivity contribution is -0.122. The minimum absolute atomic E-state index is 0.0873. The third-order valence-corrected chi connectivity index (χ3v) is 3.10. The summed E-state index contributed by atoms with van der Waals surface area (Å²) in [5, 5.41) is 11.8. The number of amides is 1. The van der Waals surface area contributed by atoms with E-state index in [0.29, 0.717) is 12.5 Å². The molecule has 0 aliphatic carbocycles. The zero-order valence-electron chi connectivity index (χ0n) is 10.9. The van der Waals surface area contributed by atoms with Crippen LogP contribution in [0, 0.1) is 23.2 Å². The molecule has 1 rings (SSSR count). The smallest absolute Gasteiger partial charge is 0.234 e. The second-order valence-electron chi connectivity index (χ2n) is 5.24. The van der Waals surface area contributed by atoms with Crippen molar-refractivity contribution in [1.82, 2.24) is 10.2 Å². The van der Waals surface area contributed by atoms with Crippen LogP contribution in [0.1, 0.15) is 33.1 Å². The number of likely N-dealkylation sites (tertiary alicyclic amines) is 1. The molecule has 1 heterocycles. The standard InChI is InChI=1S/C13H23N3O/c1-11(2)5-6-15-13(17)10-16-7-3-4-12(8-14)9-16/h11-12H,3-7,9-10H2,1-2H3,(H,15,17). The quantitative estimate of drug-likeness (QED) is 0.786. The summed E-state index contributed by atoms with van der Waals surface area (Å²) in [6.45, 7) is 7.18. The molecule has 1 aliphatic heterocycles. The summed E-state index contributed by atoms with van der Waals surface area (Å²) in [5.74, 6) is 0.810. The van der Waals surface area contributed by atoms with Crippen molar-refractivity contribution in [3.63, 3.8) is 0 Å². The van der Waals surface area contributed by atoms with E-state index >= 15 is 0 Å². The van der Waals surface area contributed by atoms with Gasteiger partial charge in [-0.25, -0.2) is 0 Å². The van der Waals surface area contributed by atoms with Crippen LogP contribution in [0.2, 0.25) is 0 Å². The number of hydrogen-bond acceptors (Lipinski definition) is 3. The first-order chi connectivity index (χ1) is 8.11. The predicted molar refractivity (Wildman–Crippen MR) is 67.2 cm³/mol. The average Bonchev–Trinajstić information content (AvgIpc) is 2.28. The largest absolute Gasteiger partial charge is 0.355 e. The van der Waals surface area contributed by atoms with Crippen LogP contribution in [0.25, 0.3) is 0 Å². The van der Waals surface area contributed by atoms with Gasteiger partial charge in [0.1, 0.15) is 0 Å². The topological polar surface area (TPSA) is 56.1 Å². The highest BCUT2D eigenvalue weighted by Crippen LogP contribution is 2.14. The molecule has 0 aromatic heterocycles. The van der Waals surface area contributed by atoms with Crippen LogP contribution in [-0.4, -0.2) is 37.0 Å². The van der Waals surface area contributed by atoms with Crippen molar-refractivity contribution in [2.24, 2.45) is 11.8 Å². The molecule has 1 amide bonds. The van der Waals surface area contributed by atoms with Crippen molar-refractivity contribution in [2.75, 3.05) is 26.2 Å². The minimum Gasteiger partial charge on any atom is -0.355 e. The van der Waals surface area contributed by atoms with E-state index in [2.05, 4.69) is 30.1 Å². The van der Waals surface area contributed by atoms with Gasteiger partial charge in [0.15, 0.2) is 0 Å². The molecule has 96 valence electrons. The van der Waals surface area contributed by atoms with Crippen molar-refractivity contribution < 1.29 is 4.79 Å². The van der Waals surface area contributed by atoms with Crippen molar-refractivity contribution in [3.8, 4) is 6.07 Å². The van der Waals surface area contributed by atoms with Crippen LogP contribution in [0.3, 0.4) is 0 Å². The maximum absolute atomic E-state index is 11.7. The summed E-state index contributed by atoms with van der Waals surface area (Å²) in [6, 6.07) is 2.29. The van der Waals surface area contributed by atoms with Crippen LogP contribution in [-0.2, 0) is 4.79 Å². The maximum atomic E-state index is 11.7. The van der Waals surface area contributed by atoms with Crippen LogP contribution in [0.4, 0.5) is 0 Å². The fourth-order valence-corrected chi connectivity index (χ4v) is 2.06. The Kier molecular flexibility index (Phi) is 5.99. The van der Waals surface area contributed by atoms with Gasteiger partial charge in [-0.2, -0.15) is 5.26 Å². The Balaban J connectivity index is 2.19. The third-order valence-electron chi connectivity index (χ3n) is 3.10. The van der Waals surface area contributed by atoms with Gasteiger partial charge in [0, 0.05) is 13.1 Å². The SMILES string of the molecule is CC(C)CCNC(=O)CN1CCCC(C#N)C1. The van der Waals surface area contributed by atoms with E-state index in [0.717, 1.165) is 38.9 Å². The highest BCUT2D eigenvalue weighted by molar-refractivity contribution is 5.77. The van der Waals surface area contributed by atoms with Crippen LogP contribution >= 0.6 is 0 Å². The Morgan fingerprint density at radius 2 is 2.35 bits per heavy atom. The summed E-state index contributed by atoms with van der Waals surface area (Å²) in [5.41, 5.74) is 0. The number of carbonyl (C=O) groups excluding carboxylic acids is 1. The van der Waals surface area contributed by atoms with Crippen molar-refractivity contribution >= 4 is 5.91 Å². The molecule has 1 N–H and O–H groups in total. The van der Waals surface area contributed by atoms with Gasteiger partial charge >= 0.3 is 0 Å². The molecular formula is C13H23N3O. The molecule has 4 nitrogen and oxygen atoms in total. The molecule has 0 bridgehead atoms. The molecule has 1 unspecified atom stereocenters. The van der Waals surface area contributed by atoms with Gasteiger partial charge in [-0.15, -0.1) is 0 Å². The normalized spacial score (nSPS) is 21.2. The Hall–Kier alpha value is -1.08. The van der Waals surface area contributed by atoms with Crippen molar-refractivity contribution in [2.45, 2.75) is 33.1 Å². The zero-order valence-corrected chi connectivity index (χ0v) is 10.9. The van der Waals surface area contributed by atoms with Gasteiger partial charge < -0.3 is 5.32 Å². The molecule has 0 aromatic rings. The minimum atomic E-state index is 0.0873. The van der Waals surface area contributed by atoms with E-state index < -0.39 is 0 Å². The Labute approximate surface area is 104 Å². The fraction of sp³-hybridized carbons (Fsp3) is 0.846. The van der Waals surface area contributed by atoms with Gasteiger partial charge in [0.25, 0.3) is 0 Å². The number of hydrogen-bond donors (Lipinski definition) is 1. The second kappa shape index (κ2) is 7.29. The van der Waals surface area contributed by atoms with E-state index in [1.165, 1.54) is 0 Å². The molecular weight excluding hydrogens is 214 g/mol. The lowest BCUT2D eigenvalue weighted by atomic mass is 10.00. The number of nitrogens with zero attached hydrogens (tertiary/aromatic N) is 2. The molecule has 0 aromatic carbocycles. The van der Waals surface area contributed by atoms with E-state index in [9.17, 15) is 4.79 Å². The Bertz CT molecular complexity index is 283. The van der Waals surface area contributed by atoms with Crippen molar-refractivity contribution in [3.05, 3.63) is 0 Å². The van der Waals surface area contributed by atoms with Crippen molar-refractivity contribution in [1.29, 1.82) is 5.26 Å². The van der Waals surface area contributed by atoms with E-state index in [-0.39, 0.29) is 11.8 Å². The van der Waals surface area contributed by atoms with E-state index in [4.69, 9.17) is 5.26 Å². The molecule has 1 saturated heterocycles. The predicted octanol–water partition coefficient (Wildman–Crippen LogP) is 1.38. The molecule has 0 radical (unpaired) electrons. The summed E-state index contributed by atoms with van der Waals surface area (Å²) in [7, 11) is 0.